The molecule has 0 spiro atoms. The summed E-state index contributed by atoms with van der Waals surface area (Å²) in [5.41, 5.74) is 2.85. The molecule has 2 N–H and O–H groups in total. The van der Waals surface area contributed by atoms with E-state index in [1.54, 1.807) is 49.8 Å². The van der Waals surface area contributed by atoms with E-state index in [2.05, 4.69) is 35.6 Å². The van der Waals surface area contributed by atoms with E-state index in [0.29, 0.717) is 28.8 Å². The van der Waals surface area contributed by atoms with Gasteiger partial charge in [-0.25, -0.2) is 15.0 Å². The van der Waals surface area contributed by atoms with E-state index < -0.39 is 17.6 Å². The summed E-state index contributed by atoms with van der Waals surface area (Å²) in [6, 6.07) is 10.2. The number of hydrogen-bond acceptors (Lipinski definition) is 7. The highest BCUT2D eigenvalue weighted by atomic mass is 19.4. The number of imidazole rings is 1. The fraction of sp³-hybridized carbons (Fsp3) is 0.143. The Morgan fingerprint density at radius 1 is 0.875 bits per heavy atom. The zero-order valence-electron chi connectivity index (χ0n) is 21.7. The average molecular weight is 545 g/mol. The summed E-state index contributed by atoms with van der Waals surface area (Å²) in [5, 5.41) is 5.83. The molecule has 0 unspecified atom stereocenters. The zero-order valence-corrected chi connectivity index (χ0v) is 21.7. The monoisotopic (exact) mass is 544 g/mol. The molecule has 3 aromatic heterocycles. The van der Waals surface area contributed by atoms with Crippen molar-refractivity contribution < 1.29 is 18.0 Å². The Balaban J connectivity index is 1.40. The summed E-state index contributed by atoms with van der Waals surface area (Å²) < 4.78 is 42.4. The lowest BCUT2D eigenvalue weighted by molar-refractivity contribution is -0.137. The highest BCUT2D eigenvalue weighted by Gasteiger charge is 2.34. The van der Waals surface area contributed by atoms with Crippen LogP contribution < -0.4 is 10.6 Å². The molecule has 0 aliphatic carbocycles. The van der Waals surface area contributed by atoms with E-state index in [-0.39, 0.29) is 16.9 Å². The minimum atomic E-state index is -4.59. The molecular formula is C28H23F3N8O. The van der Waals surface area contributed by atoms with Crippen LogP contribution in [0.25, 0.3) is 17.1 Å². The molecule has 5 aromatic rings. The van der Waals surface area contributed by atoms with Crippen LogP contribution in [0.5, 0.6) is 0 Å². The molecule has 2 aromatic carbocycles. The molecule has 0 bridgehead atoms. The third-order valence-electron chi connectivity index (χ3n) is 6.17. The zero-order chi connectivity index (χ0) is 28.4. The standard InChI is InChI=1S/C28H23F3N8O/c1-16-4-5-19(14-23(16)38-27-35-9-8-22(37-27)25-17(2)32-10-11-34-25)26(40)36-20-6-7-21(28(29,30)31)24(15-20)39-13-12-33-18(39)3/h4-15H,1-3H3,(H,36,40)(H,35,37,38). The third-order valence-corrected chi connectivity index (χ3v) is 6.17. The van der Waals surface area contributed by atoms with Gasteiger partial charge in [0.05, 0.1) is 22.6 Å². The van der Waals surface area contributed by atoms with Crippen molar-refractivity contribution in [3.63, 3.8) is 0 Å². The molecule has 0 aliphatic heterocycles. The molecule has 1 amide bonds. The van der Waals surface area contributed by atoms with E-state index in [1.165, 1.54) is 29.1 Å². The SMILES string of the molecule is Cc1ccc(C(=O)Nc2ccc(C(F)(F)F)c(-n3ccnc3C)c2)cc1Nc1nccc(-c2nccnc2C)n1. The van der Waals surface area contributed by atoms with Gasteiger partial charge in [-0.3, -0.25) is 14.8 Å². The van der Waals surface area contributed by atoms with E-state index in [9.17, 15) is 18.0 Å². The number of alkyl halides is 3. The Bertz CT molecular complexity index is 1710. The van der Waals surface area contributed by atoms with Crippen LogP contribution >= 0.6 is 0 Å². The number of carbonyl (C=O) groups is 1. The first-order chi connectivity index (χ1) is 19.1. The number of aryl methyl sites for hydroxylation is 3. The Hall–Kier alpha value is -5.13. The van der Waals surface area contributed by atoms with Crippen LogP contribution in [0.1, 0.15) is 33.0 Å². The first kappa shape index (κ1) is 26.5. The Morgan fingerprint density at radius 2 is 1.68 bits per heavy atom. The molecule has 12 heteroatoms. The highest BCUT2D eigenvalue weighted by molar-refractivity contribution is 6.05. The second kappa shape index (κ2) is 10.6. The van der Waals surface area contributed by atoms with Gasteiger partial charge in [0.15, 0.2) is 0 Å². The maximum Gasteiger partial charge on any atom is 0.418 e. The Kier molecular flexibility index (Phi) is 6.99. The summed E-state index contributed by atoms with van der Waals surface area (Å²) in [6.07, 6.45) is 3.04. The summed E-state index contributed by atoms with van der Waals surface area (Å²) >= 11 is 0. The van der Waals surface area contributed by atoms with Crippen LogP contribution in [-0.2, 0) is 6.18 Å². The molecule has 0 radical (unpaired) electrons. The molecule has 40 heavy (non-hydrogen) atoms. The number of hydrogen-bond donors (Lipinski definition) is 2. The fourth-order valence-electron chi connectivity index (χ4n) is 4.11. The molecule has 0 saturated heterocycles. The normalized spacial score (nSPS) is 11.3. The average Bonchev–Trinajstić information content (AvgIpc) is 3.35. The number of rotatable bonds is 6. The number of anilines is 3. The fourth-order valence-corrected chi connectivity index (χ4v) is 4.11. The molecular weight excluding hydrogens is 521 g/mol. The number of amides is 1. The molecule has 202 valence electrons. The summed E-state index contributed by atoms with van der Waals surface area (Å²) in [5.74, 6) is 0.177. The van der Waals surface area contributed by atoms with Crippen LogP contribution in [0.3, 0.4) is 0 Å². The van der Waals surface area contributed by atoms with Gasteiger partial charge < -0.3 is 15.2 Å². The van der Waals surface area contributed by atoms with Gasteiger partial charge in [0.1, 0.15) is 11.5 Å². The number of nitrogens with zero attached hydrogens (tertiary/aromatic N) is 6. The van der Waals surface area contributed by atoms with Crippen molar-refractivity contribution in [2.45, 2.75) is 26.9 Å². The number of carbonyl (C=O) groups excluding carboxylic acids is 1. The van der Waals surface area contributed by atoms with Crippen molar-refractivity contribution in [3.05, 3.63) is 102 Å². The summed E-state index contributed by atoms with van der Waals surface area (Å²) in [4.78, 5) is 34.5. The number of nitrogens with one attached hydrogen (secondary N) is 2. The largest absolute Gasteiger partial charge is 0.418 e. The van der Waals surface area contributed by atoms with Crippen LogP contribution in [0.2, 0.25) is 0 Å². The van der Waals surface area contributed by atoms with Crippen molar-refractivity contribution >= 4 is 23.2 Å². The lowest BCUT2D eigenvalue weighted by Gasteiger charge is -2.17. The van der Waals surface area contributed by atoms with Gasteiger partial charge in [0.25, 0.3) is 5.91 Å². The predicted octanol–water partition coefficient (Wildman–Crippen LogP) is 6.06. The lowest BCUT2D eigenvalue weighted by Crippen LogP contribution is -2.15. The van der Waals surface area contributed by atoms with Gasteiger partial charge in [-0.15, -0.1) is 0 Å². The van der Waals surface area contributed by atoms with Crippen LogP contribution in [0.15, 0.2) is 73.4 Å². The Labute approximate surface area is 227 Å². The molecule has 3 heterocycles. The maximum atomic E-state index is 13.7. The second-order valence-electron chi connectivity index (χ2n) is 8.94. The first-order valence-corrected chi connectivity index (χ1v) is 12.1. The second-order valence-corrected chi connectivity index (χ2v) is 8.94. The van der Waals surface area contributed by atoms with Gasteiger partial charge in [0, 0.05) is 47.9 Å². The molecule has 0 saturated carbocycles. The molecule has 9 nitrogen and oxygen atoms in total. The predicted molar refractivity (Wildman–Crippen MR) is 144 cm³/mol. The summed E-state index contributed by atoms with van der Waals surface area (Å²) in [7, 11) is 0. The minimum Gasteiger partial charge on any atom is -0.324 e. The number of aromatic nitrogens is 6. The van der Waals surface area contributed by atoms with E-state index in [0.717, 1.165) is 17.3 Å². The molecule has 0 aliphatic rings. The van der Waals surface area contributed by atoms with E-state index >= 15 is 0 Å². The van der Waals surface area contributed by atoms with E-state index in [4.69, 9.17) is 0 Å². The first-order valence-electron chi connectivity index (χ1n) is 12.1. The molecule has 0 fully saturated rings. The number of benzene rings is 2. The van der Waals surface area contributed by atoms with Crippen molar-refractivity contribution in [2.24, 2.45) is 0 Å². The quantitative estimate of drug-likeness (QED) is 0.267. The van der Waals surface area contributed by atoms with Crippen LogP contribution in [0.4, 0.5) is 30.5 Å². The topological polar surface area (TPSA) is 111 Å². The van der Waals surface area contributed by atoms with Crippen LogP contribution in [-0.4, -0.2) is 35.4 Å². The maximum absolute atomic E-state index is 13.7. The molecule has 5 rings (SSSR count). The van der Waals surface area contributed by atoms with Crippen molar-refractivity contribution in [2.75, 3.05) is 10.6 Å². The van der Waals surface area contributed by atoms with E-state index in [1.807, 2.05) is 13.8 Å². The van der Waals surface area contributed by atoms with Gasteiger partial charge in [-0.1, -0.05) is 6.07 Å². The minimum absolute atomic E-state index is 0.137. The van der Waals surface area contributed by atoms with Crippen LogP contribution in [0, 0.1) is 20.8 Å². The van der Waals surface area contributed by atoms with Crippen molar-refractivity contribution in [3.8, 4) is 17.1 Å². The number of halogens is 3. The summed E-state index contributed by atoms with van der Waals surface area (Å²) in [6.45, 7) is 5.29. The lowest BCUT2D eigenvalue weighted by atomic mass is 10.1. The van der Waals surface area contributed by atoms with Crippen molar-refractivity contribution in [1.82, 2.24) is 29.5 Å². The Morgan fingerprint density at radius 3 is 2.40 bits per heavy atom. The highest BCUT2D eigenvalue weighted by Crippen LogP contribution is 2.36. The third kappa shape index (κ3) is 5.51. The van der Waals surface area contributed by atoms with Gasteiger partial charge in [-0.05, 0) is 62.7 Å². The van der Waals surface area contributed by atoms with Gasteiger partial charge in [0.2, 0.25) is 5.95 Å². The van der Waals surface area contributed by atoms with Crippen molar-refractivity contribution in [1.29, 1.82) is 0 Å². The smallest absolute Gasteiger partial charge is 0.324 e. The van der Waals surface area contributed by atoms with Gasteiger partial charge in [-0.2, -0.15) is 13.2 Å². The molecule has 0 atom stereocenters. The van der Waals surface area contributed by atoms with Gasteiger partial charge >= 0.3 is 6.18 Å².